The van der Waals surface area contributed by atoms with E-state index in [1.54, 1.807) is 32.9 Å². The van der Waals surface area contributed by atoms with Gasteiger partial charge in [0.05, 0.1) is 17.3 Å². The number of anilines is 1. The van der Waals surface area contributed by atoms with Crippen molar-refractivity contribution in [2.24, 2.45) is 0 Å². The molecule has 2 atom stereocenters. The lowest BCUT2D eigenvalue weighted by molar-refractivity contribution is -0.141. The topological polar surface area (TPSA) is 108 Å². The number of amides is 3. The normalized spacial score (nSPS) is 12.8. The number of aliphatic hydroxyl groups excluding tert-OH is 1. The summed E-state index contributed by atoms with van der Waals surface area (Å²) in [6, 6.07) is 8.35. The van der Waals surface area contributed by atoms with E-state index in [4.69, 9.17) is 16.3 Å². The highest BCUT2D eigenvalue weighted by Crippen LogP contribution is 2.32. The van der Waals surface area contributed by atoms with Gasteiger partial charge in [-0.15, -0.1) is 6.58 Å². The highest BCUT2D eigenvalue weighted by atomic mass is 35.5. The zero-order chi connectivity index (χ0) is 27.9. The van der Waals surface area contributed by atoms with Gasteiger partial charge in [-0.1, -0.05) is 48.0 Å². The number of aliphatic hydroxyl groups is 1. The second-order valence-electron chi connectivity index (χ2n) is 9.79. The van der Waals surface area contributed by atoms with Crippen molar-refractivity contribution >= 4 is 35.2 Å². The first-order valence-electron chi connectivity index (χ1n) is 11.9. The highest BCUT2D eigenvalue weighted by molar-refractivity contribution is 6.34. The molecule has 8 nitrogen and oxygen atoms in total. The van der Waals surface area contributed by atoms with E-state index in [9.17, 15) is 19.5 Å². The number of benzene rings is 2. The van der Waals surface area contributed by atoms with E-state index < -0.39 is 42.2 Å². The van der Waals surface area contributed by atoms with E-state index >= 15 is 0 Å². The minimum Gasteiger partial charge on any atom is -0.444 e. The summed E-state index contributed by atoms with van der Waals surface area (Å²) < 4.78 is 5.25. The van der Waals surface area contributed by atoms with Gasteiger partial charge in [-0.25, -0.2) is 4.79 Å². The van der Waals surface area contributed by atoms with Gasteiger partial charge in [0.2, 0.25) is 5.91 Å². The first-order chi connectivity index (χ1) is 17.3. The third kappa shape index (κ3) is 7.81. The van der Waals surface area contributed by atoms with Gasteiger partial charge in [0, 0.05) is 6.54 Å². The van der Waals surface area contributed by atoms with Gasteiger partial charge >= 0.3 is 6.09 Å². The zero-order valence-electron chi connectivity index (χ0n) is 22.2. The number of hydrogen-bond donors (Lipinski definition) is 3. The average Bonchev–Trinajstić information content (AvgIpc) is 2.79. The SMILES string of the molecule is C=CCN(C(=O)C(CO)NC(=O)OC(C)(C)C)C(C(=O)Nc1c(C)cccc1Cl)c1c(C)cccc1C. The van der Waals surface area contributed by atoms with Gasteiger partial charge in [-0.3, -0.25) is 9.59 Å². The number of halogens is 1. The molecule has 0 heterocycles. The monoisotopic (exact) mass is 529 g/mol. The summed E-state index contributed by atoms with van der Waals surface area (Å²) >= 11 is 6.37. The molecule has 3 amide bonds. The molecule has 2 aromatic carbocycles. The summed E-state index contributed by atoms with van der Waals surface area (Å²) in [5.74, 6) is -1.18. The maximum absolute atomic E-state index is 13.9. The number of ether oxygens (including phenoxy) is 1. The second-order valence-corrected chi connectivity index (χ2v) is 10.2. The molecule has 0 aliphatic heterocycles. The Kier molecular flexibility index (Phi) is 10.3. The smallest absolute Gasteiger partial charge is 0.408 e. The quantitative estimate of drug-likeness (QED) is 0.403. The van der Waals surface area contributed by atoms with Crippen molar-refractivity contribution in [3.8, 4) is 0 Å². The van der Waals surface area contributed by atoms with Gasteiger partial charge in [-0.2, -0.15) is 0 Å². The summed E-state index contributed by atoms with van der Waals surface area (Å²) in [5, 5.41) is 15.7. The molecule has 2 rings (SSSR count). The number of hydrogen-bond acceptors (Lipinski definition) is 5. The second kappa shape index (κ2) is 12.7. The van der Waals surface area contributed by atoms with E-state index in [-0.39, 0.29) is 6.54 Å². The first kappa shape index (κ1) is 29.9. The Morgan fingerprint density at radius 2 is 1.65 bits per heavy atom. The van der Waals surface area contributed by atoms with Crippen LogP contribution in [-0.4, -0.2) is 52.7 Å². The van der Waals surface area contributed by atoms with Crippen LogP contribution in [0.25, 0.3) is 0 Å². The predicted octanol–water partition coefficient (Wildman–Crippen LogP) is 4.85. The molecule has 0 saturated carbocycles. The molecule has 9 heteroatoms. The first-order valence-corrected chi connectivity index (χ1v) is 12.3. The molecule has 0 spiro atoms. The average molecular weight is 530 g/mol. The molecule has 2 unspecified atom stereocenters. The Balaban J connectivity index is 2.57. The molecule has 37 heavy (non-hydrogen) atoms. The zero-order valence-corrected chi connectivity index (χ0v) is 23.0. The number of nitrogens with zero attached hydrogens (tertiary/aromatic N) is 1. The third-order valence-corrected chi connectivity index (χ3v) is 5.94. The lowest BCUT2D eigenvalue weighted by atomic mass is 9.93. The Morgan fingerprint density at radius 1 is 1.08 bits per heavy atom. The van der Waals surface area contributed by atoms with Gasteiger partial charge in [0.25, 0.3) is 5.91 Å². The van der Waals surface area contributed by atoms with Crippen LogP contribution >= 0.6 is 11.6 Å². The molecular weight excluding hydrogens is 494 g/mol. The van der Waals surface area contributed by atoms with Crippen LogP contribution in [0.1, 0.15) is 49.1 Å². The summed E-state index contributed by atoms with van der Waals surface area (Å²) in [4.78, 5) is 41.3. The highest BCUT2D eigenvalue weighted by Gasteiger charge is 2.37. The van der Waals surface area contributed by atoms with Crippen LogP contribution in [0.15, 0.2) is 49.1 Å². The van der Waals surface area contributed by atoms with Crippen LogP contribution < -0.4 is 10.6 Å². The molecule has 0 radical (unpaired) electrons. The van der Waals surface area contributed by atoms with Crippen LogP contribution in [0, 0.1) is 20.8 Å². The number of rotatable bonds is 9. The number of carbonyl (C=O) groups excluding carboxylic acids is 3. The van der Waals surface area contributed by atoms with Crippen molar-refractivity contribution in [3.05, 3.63) is 76.3 Å². The molecule has 0 aliphatic rings. The van der Waals surface area contributed by atoms with Crippen LogP contribution in [0.2, 0.25) is 5.02 Å². The number of alkyl carbamates (subject to hydrolysis) is 1. The standard InChI is InChI=1S/C28H36ClN3O5/c1-8-15-32(26(35)21(16-33)30-27(36)37-28(5,6)7)24(22-17(2)11-9-12-18(22)3)25(34)31-23-19(4)13-10-14-20(23)29/h8-14,21,24,33H,1,15-16H2,2-7H3,(H,30,36)(H,31,34). The van der Waals surface area contributed by atoms with Crippen molar-refractivity contribution in [2.75, 3.05) is 18.5 Å². The van der Waals surface area contributed by atoms with Crippen LogP contribution in [0.4, 0.5) is 10.5 Å². The van der Waals surface area contributed by atoms with E-state index in [1.807, 2.05) is 45.0 Å². The summed E-state index contributed by atoms with van der Waals surface area (Å²) in [5.41, 5.74) is 2.58. The largest absolute Gasteiger partial charge is 0.444 e. The number of nitrogens with one attached hydrogen (secondary N) is 2. The minimum absolute atomic E-state index is 0.0291. The van der Waals surface area contributed by atoms with Crippen LogP contribution in [0.5, 0.6) is 0 Å². The van der Waals surface area contributed by atoms with E-state index in [2.05, 4.69) is 17.2 Å². The Bertz CT molecular complexity index is 1120. The number of para-hydroxylation sites is 1. The van der Waals surface area contributed by atoms with Crippen LogP contribution in [-0.2, 0) is 14.3 Å². The van der Waals surface area contributed by atoms with E-state index in [0.717, 1.165) is 16.7 Å². The van der Waals surface area contributed by atoms with Crippen LogP contribution in [0.3, 0.4) is 0 Å². The molecule has 0 aromatic heterocycles. The molecule has 0 bridgehead atoms. The van der Waals surface area contributed by atoms with Gasteiger partial charge in [0.1, 0.15) is 17.7 Å². The van der Waals surface area contributed by atoms with Crippen molar-refractivity contribution in [1.82, 2.24) is 10.2 Å². The Morgan fingerprint density at radius 3 is 2.16 bits per heavy atom. The number of carbonyl (C=O) groups is 3. The fourth-order valence-corrected chi connectivity index (χ4v) is 4.24. The number of aryl methyl sites for hydroxylation is 3. The fourth-order valence-electron chi connectivity index (χ4n) is 3.97. The molecule has 0 fully saturated rings. The van der Waals surface area contributed by atoms with E-state index in [1.165, 1.54) is 11.0 Å². The van der Waals surface area contributed by atoms with Crippen molar-refractivity contribution in [3.63, 3.8) is 0 Å². The third-order valence-electron chi connectivity index (χ3n) is 5.63. The molecule has 0 saturated heterocycles. The van der Waals surface area contributed by atoms with Gasteiger partial charge in [0.15, 0.2) is 0 Å². The molecular formula is C28H36ClN3O5. The summed E-state index contributed by atoms with van der Waals surface area (Å²) in [7, 11) is 0. The predicted molar refractivity (Wildman–Crippen MR) is 146 cm³/mol. The lowest BCUT2D eigenvalue weighted by Gasteiger charge is -2.35. The molecule has 0 aliphatic carbocycles. The molecule has 200 valence electrons. The van der Waals surface area contributed by atoms with Crippen molar-refractivity contribution in [2.45, 2.75) is 59.2 Å². The molecule has 3 N–H and O–H groups in total. The minimum atomic E-state index is -1.35. The van der Waals surface area contributed by atoms with Crippen molar-refractivity contribution in [1.29, 1.82) is 0 Å². The summed E-state index contributed by atoms with van der Waals surface area (Å²) in [6.45, 7) is 13.6. The lowest BCUT2D eigenvalue weighted by Crippen LogP contribution is -2.54. The maximum Gasteiger partial charge on any atom is 0.408 e. The summed E-state index contributed by atoms with van der Waals surface area (Å²) in [6.07, 6.45) is 0.618. The van der Waals surface area contributed by atoms with E-state index in [0.29, 0.717) is 16.3 Å². The Hall–Kier alpha value is -3.36. The van der Waals surface area contributed by atoms with Gasteiger partial charge < -0.3 is 25.4 Å². The fraction of sp³-hybridized carbons (Fsp3) is 0.393. The maximum atomic E-state index is 13.9. The van der Waals surface area contributed by atoms with Crippen molar-refractivity contribution < 1.29 is 24.2 Å². The van der Waals surface area contributed by atoms with Gasteiger partial charge in [-0.05, 0) is 69.9 Å². The molecule has 2 aromatic rings. The Labute approximate surface area is 223 Å².